The number of para-hydroxylation sites is 1. The molecule has 104 valence electrons. The summed E-state index contributed by atoms with van der Waals surface area (Å²) in [6.45, 7) is 5.82. The number of ketones is 1. The van der Waals surface area contributed by atoms with Gasteiger partial charge in [-0.15, -0.1) is 0 Å². The lowest BCUT2D eigenvalue weighted by Crippen LogP contribution is -2.08. The van der Waals surface area contributed by atoms with Crippen LogP contribution in [0, 0.1) is 6.92 Å². The van der Waals surface area contributed by atoms with Crippen LogP contribution < -0.4 is 10.5 Å². The Morgan fingerprint density at radius 3 is 2.35 bits per heavy atom. The van der Waals surface area contributed by atoms with Crippen LogP contribution in [0.15, 0.2) is 42.5 Å². The van der Waals surface area contributed by atoms with Gasteiger partial charge in [0.05, 0.1) is 6.10 Å². The maximum absolute atomic E-state index is 12.4. The van der Waals surface area contributed by atoms with Crippen molar-refractivity contribution >= 4 is 11.5 Å². The summed E-state index contributed by atoms with van der Waals surface area (Å²) < 4.78 is 5.56. The Morgan fingerprint density at radius 2 is 1.75 bits per heavy atom. The van der Waals surface area contributed by atoms with Crippen LogP contribution in [-0.4, -0.2) is 11.9 Å². The number of anilines is 1. The van der Waals surface area contributed by atoms with Crippen molar-refractivity contribution in [3.63, 3.8) is 0 Å². The normalized spacial score (nSPS) is 10.6. The molecule has 0 fully saturated rings. The number of rotatable bonds is 4. The highest BCUT2D eigenvalue weighted by atomic mass is 16.5. The summed E-state index contributed by atoms with van der Waals surface area (Å²) in [5.41, 5.74) is 8.58. The van der Waals surface area contributed by atoms with Crippen LogP contribution in [0.3, 0.4) is 0 Å². The number of hydrogen-bond donors (Lipinski definition) is 1. The number of carbonyl (C=O) groups excluding carboxylic acids is 1. The molecule has 0 saturated heterocycles. The van der Waals surface area contributed by atoms with Gasteiger partial charge >= 0.3 is 0 Å². The van der Waals surface area contributed by atoms with E-state index in [1.54, 1.807) is 30.3 Å². The number of ether oxygens (including phenoxy) is 1. The Balaban J connectivity index is 2.27. The third-order valence-corrected chi connectivity index (χ3v) is 3.06. The number of aryl methyl sites for hydroxylation is 1. The first-order valence-corrected chi connectivity index (χ1v) is 6.65. The van der Waals surface area contributed by atoms with E-state index in [0.29, 0.717) is 16.8 Å². The quantitative estimate of drug-likeness (QED) is 0.681. The summed E-state index contributed by atoms with van der Waals surface area (Å²) in [6.07, 6.45) is 0.115. The Hall–Kier alpha value is -2.29. The minimum Gasteiger partial charge on any atom is -0.491 e. The molecular formula is C17H19NO2. The minimum absolute atomic E-state index is 0.0673. The van der Waals surface area contributed by atoms with E-state index < -0.39 is 0 Å². The average Bonchev–Trinajstić information content (AvgIpc) is 2.41. The van der Waals surface area contributed by atoms with Gasteiger partial charge in [-0.2, -0.15) is 0 Å². The van der Waals surface area contributed by atoms with Gasteiger partial charge in [0.1, 0.15) is 5.75 Å². The fraction of sp³-hybridized carbons (Fsp3) is 0.235. The van der Waals surface area contributed by atoms with Crippen LogP contribution in [0.1, 0.15) is 35.3 Å². The van der Waals surface area contributed by atoms with Crippen molar-refractivity contribution in [2.75, 3.05) is 5.73 Å². The largest absolute Gasteiger partial charge is 0.491 e. The van der Waals surface area contributed by atoms with Crippen molar-refractivity contribution in [2.45, 2.75) is 26.9 Å². The van der Waals surface area contributed by atoms with Crippen LogP contribution in [0.2, 0.25) is 0 Å². The van der Waals surface area contributed by atoms with Crippen LogP contribution in [-0.2, 0) is 0 Å². The van der Waals surface area contributed by atoms with Crippen molar-refractivity contribution in [3.8, 4) is 5.75 Å². The van der Waals surface area contributed by atoms with Crippen molar-refractivity contribution in [2.24, 2.45) is 0 Å². The van der Waals surface area contributed by atoms with Crippen LogP contribution in [0.4, 0.5) is 5.69 Å². The van der Waals surface area contributed by atoms with E-state index in [0.717, 1.165) is 11.3 Å². The maximum atomic E-state index is 12.4. The van der Waals surface area contributed by atoms with Gasteiger partial charge in [-0.05, 0) is 56.7 Å². The van der Waals surface area contributed by atoms with Gasteiger partial charge in [0, 0.05) is 16.8 Å². The van der Waals surface area contributed by atoms with Crippen molar-refractivity contribution < 1.29 is 9.53 Å². The minimum atomic E-state index is -0.0673. The van der Waals surface area contributed by atoms with E-state index in [1.807, 2.05) is 32.9 Å². The first-order valence-electron chi connectivity index (χ1n) is 6.65. The lowest BCUT2D eigenvalue weighted by Gasteiger charge is -2.11. The molecule has 0 aromatic heterocycles. The number of nitrogen functional groups attached to an aromatic ring is 1. The van der Waals surface area contributed by atoms with Crippen molar-refractivity contribution in [3.05, 3.63) is 59.2 Å². The van der Waals surface area contributed by atoms with Gasteiger partial charge in [0.15, 0.2) is 5.78 Å². The number of nitrogens with two attached hydrogens (primary N) is 1. The van der Waals surface area contributed by atoms with Crippen molar-refractivity contribution in [1.29, 1.82) is 0 Å². The van der Waals surface area contributed by atoms with Gasteiger partial charge in [0.25, 0.3) is 0 Å². The van der Waals surface area contributed by atoms with E-state index >= 15 is 0 Å². The van der Waals surface area contributed by atoms with E-state index in [9.17, 15) is 4.79 Å². The molecule has 3 heteroatoms. The highest BCUT2D eigenvalue weighted by molar-refractivity contribution is 6.12. The zero-order valence-electron chi connectivity index (χ0n) is 12.0. The first-order chi connectivity index (χ1) is 9.49. The lowest BCUT2D eigenvalue weighted by molar-refractivity contribution is 0.103. The summed E-state index contributed by atoms with van der Waals surface area (Å²) >= 11 is 0. The number of carbonyl (C=O) groups is 1. The SMILES string of the molecule is Cc1cccc(C(=O)c2ccc(OC(C)C)cc2)c1N. The molecule has 0 amide bonds. The molecule has 0 spiro atoms. The number of benzene rings is 2. The molecule has 0 aliphatic heterocycles. The fourth-order valence-corrected chi connectivity index (χ4v) is 1.99. The van der Waals surface area contributed by atoms with Crippen LogP contribution in [0.5, 0.6) is 5.75 Å². The molecule has 0 heterocycles. The molecule has 2 aromatic rings. The summed E-state index contributed by atoms with van der Waals surface area (Å²) in [5.74, 6) is 0.691. The predicted molar refractivity (Wildman–Crippen MR) is 81.2 cm³/mol. The highest BCUT2D eigenvalue weighted by Crippen LogP contribution is 2.21. The molecule has 0 unspecified atom stereocenters. The van der Waals surface area contributed by atoms with Gasteiger partial charge in [0.2, 0.25) is 0 Å². The molecule has 0 aliphatic carbocycles. The fourth-order valence-electron chi connectivity index (χ4n) is 1.99. The van der Waals surface area contributed by atoms with Gasteiger partial charge in [-0.25, -0.2) is 0 Å². The monoisotopic (exact) mass is 269 g/mol. The molecular weight excluding hydrogens is 250 g/mol. The summed E-state index contributed by atoms with van der Waals surface area (Å²) in [6, 6.07) is 12.6. The standard InChI is InChI=1S/C17H19NO2/c1-11(2)20-14-9-7-13(8-10-14)17(19)15-6-4-5-12(3)16(15)18/h4-11H,18H2,1-3H3. The Kier molecular flexibility index (Phi) is 4.08. The van der Waals surface area contributed by atoms with Crippen LogP contribution in [0.25, 0.3) is 0 Å². The van der Waals surface area contributed by atoms with E-state index in [1.165, 1.54) is 0 Å². The molecule has 0 bridgehead atoms. The molecule has 0 radical (unpaired) electrons. The second kappa shape index (κ2) is 5.78. The molecule has 2 aromatic carbocycles. The third kappa shape index (κ3) is 2.99. The zero-order valence-corrected chi connectivity index (χ0v) is 12.0. The molecule has 0 atom stereocenters. The molecule has 2 rings (SSSR count). The predicted octanol–water partition coefficient (Wildman–Crippen LogP) is 3.60. The highest BCUT2D eigenvalue weighted by Gasteiger charge is 2.13. The van der Waals surface area contributed by atoms with E-state index in [2.05, 4.69) is 0 Å². The topological polar surface area (TPSA) is 52.3 Å². The molecule has 0 saturated carbocycles. The maximum Gasteiger partial charge on any atom is 0.195 e. The molecule has 2 N–H and O–H groups in total. The second-order valence-electron chi connectivity index (χ2n) is 5.06. The summed E-state index contributed by atoms with van der Waals surface area (Å²) in [5, 5.41) is 0. The Bertz CT molecular complexity index is 615. The smallest absolute Gasteiger partial charge is 0.195 e. The van der Waals surface area contributed by atoms with Gasteiger partial charge < -0.3 is 10.5 Å². The van der Waals surface area contributed by atoms with Gasteiger partial charge in [-0.3, -0.25) is 4.79 Å². The zero-order chi connectivity index (χ0) is 14.7. The van der Waals surface area contributed by atoms with Crippen LogP contribution >= 0.6 is 0 Å². The third-order valence-electron chi connectivity index (χ3n) is 3.06. The van der Waals surface area contributed by atoms with Gasteiger partial charge in [-0.1, -0.05) is 12.1 Å². The Labute approximate surface area is 119 Å². The first kappa shape index (κ1) is 14.1. The number of hydrogen-bond acceptors (Lipinski definition) is 3. The summed E-state index contributed by atoms with van der Waals surface area (Å²) in [7, 11) is 0. The second-order valence-corrected chi connectivity index (χ2v) is 5.06. The van der Waals surface area contributed by atoms with E-state index in [-0.39, 0.29) is 11.9 Å². The average molecular weight is 269 g/mol. The lowest BCUT2D eigenvalue weighted by atomic mass is 9.99. The molecule has 3 nitrogen and oxygen atoms in total. The molecule has 0 aliphatic rings. The molecule has 20 heavy (non-hydrogen) atoms. The van der Waals surface area contributed by atoms with E-state index in [4.69, 9.17) is 10.5 Å². The van der Waals surface area contributed by atoms with Crippen molar-refractivity contribution in [1.82, 2.24) is 0 Å². The summed E-state index contributed by atoms with van der Waals surface area (Å²) in [4.78, 5) is 12.4. The Morgan fingerprint density at radius 1 is 1.10 bits per heavy atom.